The normalized spacial score (nSPS) is 19.0. The predicted molar refractivity (Wildman–Crippen MR) is 96.7 cm³/mol. The van der Waals surface area contributed by atoms with Crippen LogP contribution in [0, 0.1) is 11.2 Å². The van der Waals surface area contributed by atoms with Gasteiger partial charge in [0.15, 0.2) is 6.10 Å². The second-order valence-electron chi connectivity index (χ2n) is 7.75. The van der Waals surface area contributed by atoms with E-state index in [0.29, 0.717) is 5.69 Å². The monoisotopic (exact) mass is 410 g/mol. The Balaban J connectivity index is 2.13. The molecule has 0 bridgehead atoms. The molecule has 0 unspecified atom stereocenters. The van der Waals surface area contributed by atoms with Gasteiger partial charge in [0.05, 0.1) is 17.3 Å². The highest BCUT2D eigenvalue weighted by Crippen LogP contribution is 2.33. The average molecular weight is 411 g/mol. The van der Waals surface area contributed by atoms with Crippen LogP contribution in [0.4, 0.5) is 28.9 Å². The minimum Gasteiger partial charge on any atom is -0.369 e. The van der Waals surface area contributed by atoms with Crippen LogP contribution in [0.15, 0.2) is 12.1 Å². The summed E-state index contributed by atoms with van der Waals surface area (Å²) in [6, 6.07) is 2.59. The molecule has 1 amide bonds. The highest BCUT2D eigenvalue weighted by molar-refractivity contribution is 6.34. The summed E-state index contributed by atoms with van der Waals surface area (Å²) in [6.45, 7) is 5.73. The van der Waals surface area contributed by atoms with Crippen molar-refractivity contribution in [2.45, 2.75) is 45.9 Å². The third-order valence-corrected chi connectivity index (χ3v) is 4.35. The van der Waals surface area contributed by atoms with Gasteiger partial charge in [-0.25, -0.2) is 4.39 Å². The van der Waals surface area contributed by atoms with E-state index in [1.54, 1.807) is 4.90 Å². The molecule has 1 aliphatic rings. The first-order valence-electron chi connectivity index (χ1n) is 8.59. The predicted octanol–water partition coefficient (Wildman–Crippen LogP) is 5.01. The first-order valence-corrected chi connectivity index (χ1v) is 8.97. The van der Waals surface area contributed by atoms with E-state index in [9.17, 15) is 22.4 Å². The lowest BCUT2D eigenvalue weighted by Gasteiger charge is -2.24. The molecular weight excluding hydrogens is 388 g/mol. The second-order valence-corrected chi connectivity index (χ2v) is 8.15. The molecule has 1 heterocycles. The summed E-state index contributed by atoms with van der Waals surface area (Å²) >= 11 is 6.12. The van der Waals surface area contributed by atoms with Gasteiger partial charge in [0.25, 0.3) is 0 Å². The van der Waals surface area contributed by atoms with Gasteiger partial charge in [0.2, 0.25) is 5.91 Å². The lowest BCUT2D eigenvalue weighted by atomic mass is 9.92. The molecule has 1 atom stereocenters. The van der Waals surface area contributed by atoms with Gasteiger partial charge < -0.3 is 15.0 Å². The van der Waals surface area contributed by atoms with E-state index in [-0.39, 0.29) is 54.6 Å². The van der Waals surface area contributed by atoms with Crippen LogP contribution in [0.1, 0.15) is 33.6 Å². The van der Waals surface area contributed by atoms with E-state index in [4.69, 9.17) is 16.3 Å². The molecule has 0 aliphatic carbocycles. The minimum atomic E-state index is -4.43. The van der Waals surface area contributed by atoms with E-state index >= 15 is 0 Å². The zero-order valence-corrected chi connectivity index (χ0v) is 16.2. The fraction of sp³-hybridized carbons (Fsp3) is 0.611. The summed E-state index contributed by atoms with van der Waals surface area (Å²) in [7, 11) is 0. The number of carbonyl (C=O) groups excluding carboxylic acids is 1. The summed E-state index contributed by atoms with van der Waals surface area (Å²) in [5.41, 5.74) is -0.0553. The molecule has 1 aliphatic heterocycles. The van der Waals surface area contributed by atoms with Crippen LogP contribution >= 0.6 is 11.6 Å². The number of nitrogens with zero attached hydrogens (tertiary/aromatic N) is 1. The molecule has 0 spiro atoms. The number of nitrogens with one attached hydrogen (secondary N) is 1. The number of alkyl halides is 3. The van der Waals surface area contributed by atoms with Crippen molar-refractivity contribution in [2.75, 3.05) is 29.9 Å². The molecule has 152 valence electrons. The number of amides is 1. The van der Waals surface area contributed by atoms with Crippen LogP contribution < -0.4 is 10.2 Å². The van der Waals surface area contributed by atoms with Gasteiger partial charge in [-0.1, -0.05) is 32.4 Å². The maximum atomic E-state index is 14.5. The largest absolute Gasteiger partial charge is 0.414 e. The van der Waals surface area contributed by atoms with Crippen LogP contribution in [-0.2, 0) is 9.53 Å². The van der Waals surface area contributed by atoms with E-state index in [1.165, 1.54) is 6.07 Å². The molecule has 1 aromatic rings. The summed E-state index contributed by atoms with van der Waals surface area (Å²) in [4.78, 5) is 13.6. The maximum Gasteiger partial charge on any atom is 0.414 e. The van der Waals surface area contributed by atoms with Gasteiger partial charge in [0, 0.05) is 25.2 Å². The number of anilines is 2. The number of halogens is 5. The van der Waals surface area contributed by atoms with E-state index in [0.717, 1.165) is 6.07 Å². The van der Waals surface area contributed by atoms with Crippen LogP contribution in [0.25, 0.3) is 0 Å². The second kappa shape index (κ2) is 8.22. The Bertz CT molecular complexity index is 666. The number of rotatable bonds is 3. The third kappa shape index (κ3) is 6.24. The number of carbonyl (C=O) groups is 1. The van der Waals surface area contributed by atoms with Gasteiger partial charge >= 0.3 is 6.18 Å². The molecule has 4 nitrogen and oxygen atoms in total. The Morgan fingerprint density at radius 3 is 2.52 bits per heavy atom. The van der Waals surface area contributed by atoms with Crippen molar-refractivity contribution in [1.29, 1.82) is 0 Å². The van der Waals surface area contributed by atoms with Crippen LogP contribution in [-0.4, -0.2) is 37.9 Å². The van der Waals surface area contributed by atoms with Crippen LogP contribution in [0.5, 0.6) is 0 Å². The Labute approximate surface area is 160 Å². The van der Waals surface area contributed by atoms with Crippen LogP contribution in [0.2, 0.25) is 5.02 Å². The van der Waals surface area contributed by atoms with Gasteiger partial charge in [-0.15, -0.1) is 0 Å². The Hall–Kier alpha value is -1.54. The minimum absolute atomic E-state index is 0.00945. The summed E-state index contributed by atoms with van der Waals surface area (Å²) in [6.07, 6.45) is -6.33. The lowest BCUT2D eigenvalue weighted by Crippen LogP contribution is -2.32. The van der Waals surface area contributed by atoms with Gasteiger partial charge in [0.1, 0.15) is 5.82 Å². The lowest BCUT2D eigenvalue weighted by molar-refractivity contribution is -0.218. The summed E-state index contributed by atoms with van der Waals surface area (Å²) < 4.78 is 57.8. The van der Waals surface area contributed by atoms with Crippen molar-refractivity contribution in [2.24, 2.45) is 5.41 Å². The zero-order chi connectivity index (χ0) is 20.4. The van der Waals surface area contributed by atoms with Gasteiger partial charge in [-0.3, -0.25) is 4.79 Å². The highest BCUT2D eigenvalue weighted by Gasteiger charge is 2.41. The van der Waals surface area contributed by atoms with Gasteiger partial charge in [-0.2, -0.15) is 13.2 Å². The zero-order valence-electron chi connectivity index (χ0n) is 15.4. The van der Waals surface area contributed by atoms with E-state index in [1.807, 2.05) is 20.8 Å². The van der Waals surface area contributed by atoms with Crippen molar-refractivity contribution in [3.8, 4) is 0 Å². The van der Waals surface area contributed by atoms with E-state index in [2.05, 4.69) is 5.32 Å². The Morgan fingerprint density at radius 2 is 1.96 bits per heavy atom. The molecule has 2 rings (SSSR count). The molecule has 0 aromatic heterocycles. The maximum absolute atomic E-state index is 14.5. The van der Waals surface area contributed by atoms with Crippen LogP contribution in [0.3, 0.4) is 0 Å². The smallest absolute Gasteiger partial charge is 0.369 e. The molecule has 1 aromatic carbocycles. The van der Waals surface area contributed by atoms with Crippen molar-refractivity contribution in [3.63, 3.8) is 0 Å². The number of hydrogen-bond acceptors (Lipinski definition) is 3. The number of ether oxygens (including phenoxy) is 1. The Morgan fingerprint density at radius 1 is 1.30 bits per heavy atom. The fourth-order valence-electron chi connectivity index (χ4n) is 2.82. The number of hydrogen-bond donors (Lipinski definition) is 1. The highest BCUT2D eigenvalue weighted by atomic mass is 35.5. The fourth-order valence-corrected chi connectivity index (χ4v) is 3.07. The summed E-state index contributed by atoms with van der Waals surface area (Å²) in [5.74, 6) is -1.11. The van der Waals surface area contributed by atoms with Crippen molar-refractivity contribution >= 4 is 28.9 Å². The topological polar surface area (TPSA) is 41.6 Å². The SMILES string of the molecule is CC(C)(C)CC(=O)Nc1c(F)cc(N2CCO[C@@H](C(F)(F)F)CC2)cc1Cl. The van der Waals surface area contributed by atoms with Crippen molar-refractivity contribution in [3.05, 3.63) is 23.0 Å². The molecule has 1 fully saturated rings. The number of benzene rings is 1. The molecule has 27 heavy (non-hydrogen) atoms. The summed E-state index contributed by atoms with van der Waals surface area (Å²) in [5, 5.41) is 2.46. The van der Waals surface area contributed by atoms with Gasteiger partial charge in [-0.05, 0) is 24.0 Å². The molecule has 9 heteroatoms. The molecule has 1 saturated heterocycles. The quantitative estimate of drug-likeness (QED) is 0.712. The Kier molecular flexibility index (Phi) is 6.63. The average Bonchev–Trinajstić information content (AvgIpc) is 2.74. The van der Waals surface area contributed by atoms with E-state index < -0.39 is 18.1 Å². The molecule has 0 radical (unpaired) electrons. The molecule has 1 N–H and O–H groups in total. The molecular formula is C18H23ClF4N2O2. The van der Waals surface area contributed by atoms with Crippen molar-refractivity contribution < 1.29 is 27.1 Å². The molecule has 0 saturated carbocycles. The first kappa shape index (κ1) is 21.8. The van der Waals surface area contributed by atoms with Crippen molar-refractivity contribution in [1.82, 2.24) is 0 Å². The standard InChI is InChI=1S/C18H23ClF4N2O2/c1-17(2,3)10-15(26)24-16-12(19)8-11(9-13(16)20)25-5-4-14(18(21,22)23)27-7-6-25/h8-9,14H,4-7,10H2,1-3H3,(H,24,26)/t14-/m1/s1. The third-order valence-electron chi connectivity index (χ3n) is 4.05. The first-order chi connectivity index (χ1) is 12.4.